The van der Waals surface area contributed by atoms with Crippen molar-refractivity contribution in [1.82, 2.24) is 15.3 Å². The summed E-state index contributed by atoms with van der Waals surface area (Å²) in [5.74, 6) is 10.5. The van der Waals surface area contributed by atoms with E-state index in [1.165, 1.54) is 12.4 Å². The van der Waals surface area contributed by atoms with Crippen LogP contribution < -0.4 is 11.2 Å². The van der Waals surface area contributed by atoms with E-state index in [2.05, 4.69) is 28.8 Å². The molecule has 0 radical (unpaired) electrons. The van der Waals surface area contributed by atoms with Crippen molar-refractivity contribution in [3.63, 3.8) is 0 Å². The zero-order valence-corrected chi connectivity index (χ0v) is 17.0. The molecule has 0 aliphatic heterocycles. The molecule has 152 valence electrons. The van der Waals surface area contributed by atoms with E-state index >= 15 is 0 Å². The van der Waals surface area contributed by atoms with Crippen LogP contribution in [0.4, 0.5) is 0 Å². The molecule has 1 aromatic heterocycles. The summed E-state index contributed by atoms with van der Waals surface area (Å²) < 4.78 is 23.9. The summed E-state index contributed by atoms with van der Waals surface area (Å²) in [6, 6.07) is 5.49. The van der Waals surface area contributed by atoms with Crippen molar-refractivity contribution in [2.24, 2.45) is 5.73 Å². The third-order valence-corrected chi connectivity index (χ3v) is 7.17. The Morgan fingerprint density at radius 2 is 2.14 bits per heavy atom. The minimum atomic E-state index is -3.75. The topological polar surface area (TPSA) is 127 Å². The minimum Gasteiger partial charge on any atom is -0.315 e. The maximum atomic E-state index is 12.0. The van der Waals surface area contributed by atoms with Crippen LogP contribution in [0.5, 0.6) is 0 Å². The first kappa shape index (κ1) is 20.9. The lowest BCUT2D eigenvalue weighted by molar-refractivity contribution is -0.131. The van der Waals surface area contributed by atoms with Gasteiger partial charge in [-0.15, -0.1) is 0 Å². The number of rotatable bonds is 5. The van der Waals surface area contributed by atoms with Gasteiger partial charge in [-0.05, 0) is 56.2 Å². The third kappa shape index (κ3) is 4.60. The molecule has 8 nitrogen and oxygen atoms in total. The molecule has 0 spiro atoms. The second-order valence-electron chi connectivity index (χ2n) is 7.52. The Morgan fingerprint density at radius 3 is 2.76 bits per heavy atom. The quantitative estimate of drug-likeness (QED) is 0.373. The number of benzene rings is 1. The zero-order valence-electron chi connectivity index (χ0n) is 16.2. The number of hydrogen-bond donors (Lipinski definition) is 3. The van der Waals surface area contributed by atoms with Crippen LogP contribution in [0.1, 0.15) is 31.7 Å². The highest BCUT2D eigenvalue weighted by molar-refractivity contribution is 7.92. The van der Waals surface area contributed by atoms with E-state index in [9.17, 15) is 13.2 Å². The maximum Gasteiger partial charge on any atom is 0.264 e. The normalized spacial score (nSPS) is 16.7. The highest BCUT2D eigenvalue weighted by atomic mass is 32.2. The van der Waals surface area contributed by atoms with Gasteiger partial charge >= 0.3 is 0 Å². The smallest absolute Gasteiger partial charge is 0.264 e. The Morgan fingerprint density at radius 1 is 1.41 bits per heavy atom. The molecule has 0 unspecified atom stereocenters. The molecule has 1 heterocycles. The molecule has 1 aliphatic carbocycles. The van der Waals surface area contributed by atoms with E-state index in [0.717, 1.165) is 30.0 Å². The van der Waals surface area contributed by atoms with E-state index < -0.39 is 20.5 Å². The predicted octanol–water partition coefficient (Wildman–Crippen LogP) is 0.581. The van der Waals surface area contributed by atoms with E-state index in [-0.39, 0.29) is 18.5 Å². The predicted molar refractivity (Wildman–Crippen MR) is 108 cm³/mol. The second-order valence-corrected chi connectivity index (χ2v) is 9.96. The number of aromatic nitrogens is 2. The standard InChI is InChI=1S/C20H22N4O4S/c1-19(18(25)23-26,29(2,27)28)11-12-24-14-16-13-15(6-7-17(16)22-24)5-3-4-8-20(21)9-10-20/h6-7,13-14,26H,9-12,21H2,1-2H3,(H,23,25)/t19-/m1/s1. The Hall–Kier alpha value is -2.85. The lowest BCUT2D eigenvalue weighted by Crippen LogP contribution is -2.49. The van der Waals surface area contributed by atoms with Crippen molar-refractivity contribution >= 4 is 26.6 Å². The molecule has 1 aromatic carbocycles. The lowest BCUT2D eigenvalue weighted by Gasteiger charge is -2.24. The number of hydroxylamine groups is 1. The van der Waals surface area contributed by atoms with E-state index in [4.69, 9.17) is 10.9 Å². The van der Waals surface area contributed by atoms with Gasteiger partial charge < -0.3 is 5.73 Å². The van der Waals surface area contributed by atoms with Crippen LogP contribution in [0.15, 0.2) is 24.4 Å². The molecule has 1 aliphatic rings. The summed E-state index contributed by atoms with van der Waals surface area (Å²) in [6.45, 7) is 1.45. The molecule has 0 saturated heterocycles. The summed E-state index contributed by atoms with van der Waals surface area (Å²) in [7, 11) is -3.75. The fourth-order valence-corrected chi connectivity index (χ4v) is 3.55. The monoisotopic (exact) mass is 414 g/mol. The average Bonchev–Trinajstić information content (AvgIpc) is 3.25. The van der Waals surface area contributed by atoms with Gasteiger partial charge in [-0.1, -0.05) is 11.8 Å². The zero-order chi connectivity index (χ0) is 21.3. The Labute approximate surface area is 169 Å². The molecule has 3 rings (SSSR count). The summed E-state index contributed by atoms with van der Waals surface area (Å²) in [6.07, 6.45) is 4.49. The van der Waals surface area contributed by atoms with Gasteiger partial charge in [0.2, 0.25) is 0 Å². The van der Waals surface area contributed by atoms with Crippen LogP contribution in [0.2, 0.25) is 0 Å². The number of fused-ring (bicyclic) bond motifs is 1. The number of nitrogens with two attached hydrogens (primary N) is 1. The van der Waals surface area contributed by atoms with Gasteiger partial charge in [0.15, 0.2) is 14.6 Å². The van der Waals surface area contributed by atoms with Crippen molar-refractivity contribution in [3.8, 4) is 23.7 Å². The van der Waals surface area contributed by atoms with Crippen LogP contribution in [0.25, 0.3) is 10.9 Å². The molecule has 2 aromatic rings. The van der Waals surface area contributed by atoms with Crippen LogP contribution in [-0.2, 0) is 21.2 Å². The Balaban J connectivity index is 1.77. The van der Waals surface area contributed by atoms with E-state index in [0.29, 0.717) is 5.52 Å². The number of aryl methyl sites for hydroxylation is 1. The molecule has 1 amide bonds. The summed E-state index contributed by atoms with van der Waals surface area (Å²) >= 11 is 0. The van der Waals surface area contributed by atoms with Crippen molar-refractivity contribution in [3.05, 3.63) is 30.0 Å². The van der Waals surface area contributed by atoms with Gasteiger partial charge in [0.05, 0.1) is 11.1 Å². The summed E-state index contributed by atoms with van der Waals surface area (Å²) in [5, 5.41) is 14.1. The first-order valence-corrected chi connectivity index (χ1v) is 10.9. The Kier molecular flexibility index (Phi) is 5.42. The molecule has 29 heavy (non-hydrogen) atoms. The average molecular weight is 414 g/mol. The number of sulfone groups is 1. The number of carbonyl (C=O) groups excluding carboxylic acids is 1. The summed E-state index contributed by atoms with van der Waals surface area (Å²) in [5.41, 5.74) is 8.46. The van der Waals surface area contributed by atoms with Gasteiger partial charge in [-0.2, -0.15) is 5.10 Å². The first-order chi connectivity index (χ1) is 13.6. The van der Waals surface area contributed by atoms with Crippen LogP contribution >= 0.6 is 0 Å². The van der Waals surface area contributed by atoms with Gasteiger partial charge in [0.25, 0.3) is 5.91 Å². The fourth-order valence-electron chi connectivity index (χ4n) is 2.70. The minimum absolute atomic E-state index is 0.0463. The molecule has 9 heteroatoms. The molecule has 4 N–H and O–H groups in total. The Bertz CT molecular complexity index is 1190. The SMILES string of the molecule is C[C@@](CCn1cc2cc(C#CC#CC3(N)CC3)ccc2n1)(C(=O)NO)S(C)(=O)=O. The number of hydrogen-bond acceptors (Lipinski definition) is 6. The van der Waals surface area contributed by atoms with Crippen molar-refractivity contribution in [2.45, 2.75) is 43.0 Å². The largest absolute Gasteiger partial charge is 0.315 e. The molecule has 1 atom stereocenters. The van der Waals surface area contributed by atoms with Crippen molar-refractivity contribution < 1.29 is 18.4 Å². The molecule has 0 bridgehead atoms. The van der Waals surface area contributed by atoms with Crippen LogP contribution in [0.3, 0.4) is 0 Å². The molecular weight excluding hydrogens is 392 g/mol. The van der Waals surface area contributed by atoms with Crippen molar-refractivity contribution in [2.75, 3.05) is 6.26 Å². The maximum absolute atomic E-state index is 12.0. The van der Waals surface area contributed by atoms with Gasteiger partial charge in [0.1, 0.15) is 0 Å². The van der Waals surface area contributed by atoms with Crippen LogP contribution in [-0.4, -0.2) is 45.9 Å². The first-order valence-electron chi connectivity index (χ1n) is 9.00. The number of carbonyl (C=O) groups is 1. The summed E-state index contributed by atoms with van der Waals surface area (Å²) in [4.78, 5) is 11.9. The number of nitrogens with zero attached hydrogens (tertiary/aromatic N) is 2. The van der Waals surface area contributed by atoms with E-state index in [1.807, 2.05) is 18.2 Å². The second kappa shape index (κ2) is 7.53. The van der Waals surface area contributed by atoms with E-state index in [1.54, 1.807) is 10.9 Å². The number of nitrogens with one attached hydrogen (secondary N) is 1. The highest BCUT2D eigenvalue weighted by Crippen LogP contribution is 2.30. The van der Waals surface area contributed by atoms with Gasteiger partial charge in [0, 0.05) is 29.9 Å². The van der Waals surface area contributed by atoms with Gasteiger partial charge in [-0.25, -0.2) is 13.9 Å². The lowest BCUT2D eigenvalue weighted by atomic mass is 10.1. The molecule has 1 saturated carbocycles. The third-order valence-electron chi connectivity index (χ3n) is 5.14. The van der Waals surface area contributed by atoms with Crippen LogP contribution in [0, 0.1) is 23.7 Å². The fraction of sp³-hybridized carbons (Fsp3) is 0.400. The number of amides is 1. The van der Waals surface area contributed by atoms with Gasteiger partial charge in [-0.3, -0.25) is 14.7 Å². The highest BCUT2D eigenvalue weighted by Gasteiger charge is 2.43. The molecule has 1 fully saturated rings. The molecular formula is C20H22N4O4S. The van der Waals surface area contributed by atoms with Crippen molar-refractivity contribution in [1.29, 1.82) is 0 Å².